The molecule has 0 atom stereocenters. The zero-order valence-electron chi connectivity index (χ0n) is 14.3. The van der Waals surface area contributed by atoms with Gasteiger partial charge < -0.3 is 19.3 Å². The molecule has 1 saturated heterocycles. The fraction of sp³-hybridized carbons (Fsp3) is 0.500. The zero-order chi connectivity index (χ0) is 17.7. The number of piperazine rings is 1. The van der Waals surface area contributed by atoms with Crippen LogP contribution in [0.2, 0.25) is 0 Å². The van der Waals surface area contributed by atoms with Crippen molar-refractivity contribution in [2.24, 2.45) is 0 Å². The molecular weight excluding hydrogens is 311 g/mol. The van der Waals surface area contributed by atoms with Gasteiger partial charge in [-0.15, -0.1) is 6.42 Å². The van der Waals surface area contributed by atoms with Crippen LogP contribution in [-0.4, -0.2) is 49.4 Å². The van der Waals surface area contributed by atoms with Crippen LogP contribution in [0.4, 0.5) is 14.9 Å². The number of amides is 1. The van der Waals surface area contributed by atoms with E-state index in [9.17, 15) is 9.18 Å². The van der Waals surface area contributed by atoms with Crippen molar-refractivity contribution in [2.75, 3.05) is 37.7 Å². The van der Waals surface area contributed by atoms with Crippen LogP contribution in [0.3, 0.4) is 0 Å². The molecule has 130 valence electrons. The van der Waals surface area contributed by atoms with Crippen molar-refractivity contribution in [2.45, 2.75) is 26.4 Å². The summed E-state index contributed by atoms with van der Waals surface area (Å²) in [7, 11) is 0. The van der Waals surface area contributed by atoms with Crippen LogP contribution < -0.4 is 9.64 Å². The Bertz CT molecular complexity index is 626. The number of anilines is 1. The summed E-state index contributed by atoms with van der Waals surface area (Å²) >= 11 is 0. The maximum absolute atomic E-state index is 14.3. The van der Waals surface area contributed by atoms with Gasteiger partial charge in [0.2, 0.25) is 0 Å². The highest BCUT2D eigenvalue weighted by molar-refractivity contribution is 5.68. The van der Waals surface area contributed by atoms with Crippen LogP contribution in [0, 0.1) is 18.2 Å². The van der Waals surface area contributed by atoms with Crippen LogP contribution in [0.25, 0.3) is 0 Å². The Balaban J connectivity index is 1.95. The van der Waals surface area contributed by atoms with Gasteiger partial charge in [-0.3, -0.25) is 0 Å². The second kappa shape index (κ2) is 7.43. The molecule has 0 aromatic heterocycles. The number of nitrogens with zero attached hydrogens (tertiary/aromatic N) is 2. The Morgan fingerprint density at radius 1 is 1.29 bits per heavy atom. The number of carbonyl (C=O) groups is 1. The molecule has 24 heavy (non-hydrogen) atoms. The van der Waals surface area contributed by atoms with Gasteiger partial charge in [0.15, 0.2) is 0 Å². The predicted octanol–water partition coefficient (Wildman–Crippen LogP) is 2.89. The van der Waals surface area contributed by atoms with E-state index >= 15 is 0 Å². The van der Waals surface area contributed by atoms with E-state index in [0.29, 0.717) is 37.6 Å². The molecule has 0 saturated carbocycles. The molecule has 6 heteroatoms. The molecule has 0 aliphatic carbocycles. The molecule has 1 aromatic carbocycles. The third kappa shape index (κ3) is 4.79. The topological polar surface area (TPSA) is 42.0 Å². The smallest absolute Gasteiger partial charge is 0.410 e. The normalized spacial score (nSPS) is 15.0. The summed E-state index contributed by atoms with van der Waals surface area (Å²) in [5.74, 6) is 2.38. The number of carbonyl (C=O) groups excluding carboxylic acids is 1. The van der Waals surface area contributed by atoms with E-state index in [-0.39, 0.29) is 18.5 Å². The van der Waals surface area contributed by atoms with E-state index in [2.05, 4.69) is 5.92 Å². The van der Waals surface area contributed by atoms with Gasteiger partial charge in [0.25, 0.3) is 0 Å². The number of rotatable bonds is 3. The molecule has 1 amide bonds. The minimum absolute atomic E-state index is 0.105. The summed E-state index contributed by atoms with van der Waals surface area (Å²) in [6.45, 7) is 7.67. The molecule has 1 aromatic rings. The number of benzene rings is 1. The number of halogens is 1. The molecule has 0 bridgehead atoms. The zero-order valence-corrected chi connectivity index (χ0v) is 14.3. The molecule has 0 unspecified atom stereocenters. The highest BCUT2D eigenvalue weighted by Crippen LogP contribution is 2.25. The molecule has 5 nitrogen and oxygen atoms in total. The van der Waals surface area contributed by atoms with Crippen molar-refractivity contribution in [3.63, 3.8) is 0 Å². The minimum atomic E-state index is -0.519. The summed E-state index contributed by atoms with van der Waals surface area (Å²) in [4.78, 5) is 15.6. The van der Waals surface area contributed by atoms with Crippen molar-refractivity contribution in [1.29, 1.82) is 0 Å². The second-order valence-electron chi connectivity index (χ2n) is 6.56. The van der Waals surface area contributed by atoms with Gasteiger partial charge in [-0.05, 0) is 32.9 Å². The molecule has 1 heterocycles. The Morgan fingerprint density at radius 2 is 1.96 bits per heavy atom. The van der Waals surface area contributed by atoms with Gasteiger partial charge in [0.05, 0.1) is 5.69 Å². The van der Waals surface area contributed by atoms with Gasteiger partial charge in [-0.2, -0.15) is 0 Å². The van der Waals surface area contributed by atoms with Crippen LogP contribution in [0.5, 0.6) is 5.75 Å². The van der Waals surface area contributed by atoms with E-state index in [4.69, 9.17) is 15.9 Å². The number of hydrogen-bond acceptors (Lipinski definition) is 4. The standard InChI is InChI=1S/C18H23FN2O3/c1-5-12-23-14-6-7-16(15(19)13-14)20-8-10-21(11-9-20)17(22)24-18(2,3)4/h1,6-7,13H,8-12H2,2-4H3. The number of hydrogen-bond donors (Lipinski definition) is 0. The fourth-order valence-electron chi connectivity index (χ4n) is 2.42. The first kappa shape index (κ1) is 17.9. The van der Waals surface area contributed by atoms with E-state index in [1.807, 2.05) is 25.7 Å². The summed E-state index contributed by atoms with van der Waals surface area (Å²) in [5, 5.41) is 0. The lowest BCUT2D eigenvalue weighted by Gasteiger charge is -2.36. The monoisotopic (exact) mass is 334 g/mol. The maximum Gasteiger partial charge on any atom is 0.410 e. The predicted molar refractivity (Wildman–Crippen MR) is 90.7 cm³/mol. The molecule has 1 fully saturated rings. The van der Waals surface area contributed by atoms with Gasteiger partial charge >= 0.3 is 6.09 Å². The molecule has 1 aliphatic heterocycles. The molecular formula is C18H23FN2O3. The SMILES string of the molecule is C#CCOc1ccc(N2CCN(C(=O)OC(C)(C)C)CC2)c(F)c1. The molecule has 0 N–H and O–H groups in total. The first-order valence-corrected chi connectivity index (χ1v) is 7.89. The van der Waals surface area contributed by atoms with E-state index in [0.717, 1.165) is 0 Å². The van der Waals surface area contributed by atoms with Gasteiger partial charge in [0.1, 0.15) is 23.8 Å². The largest absolute Gasteiger partial charge is 0.481 e. The van der Waals surface area contributed by atoms with Gasteiger partial charge in [-0.1, -0.05) is 5.92 Å². The summed E-state index contributed by atoms with van der Waals surface area (Å²) in [6, 6.07) is 4.69. The number of terminal acetylenes is 1. The average molecular weight is 334 g/mol. The van der Waals surface area contributed by atoms with Crippen LogP contribution in [0.1, 0.15) is 20.8 Å². The Labute approximate surface area is 142 Å². The van der Waals surface area contributed by atoms with Crippen molar-refractivity contribution >= 4 is 11.8 Å². The van der Waals surface area contributed by atoms with Crippen LogP contribution >= 0.6 is 0 Å². The third-order valence-electron chi connectivity index (χ3n) is 3.51. The lowest BCUT2D eigenvalue weighted by atomic mass is 10.2. The van der Waals surface area contributed by atoms with Gasteiger partial charge in [0, 0.05) is 32.2 Å². The Morgan fingerprint density at radius 3 is 2.50 bits per heavy atom. The van der Waals surface area contributed by atoms with Crippen molar-refractivity contribution < 1.29 is 18.7 Å². The molecule has 2 rings (SSSR count). The lowest BCUT2D eigenvalue weighted by Crippen LogP contribution is -2.50. The minimum Gasteiger partial charge on any atom is -0.481 e. The quantitative estimate of drug-likeness (QED) is 0.797. The van der Waals surface area contributed by atoms with Crippen molar-refractivity contribution in [3.8, 4) is 18.1 Å². The molecule has 0 spiro atoms. The van der Waals surface area contributed by atoms with E-state index in [1.54, 1.807) is 17.0 Å². The summed E-state index contributed by atoms with van der Waals surface area (Å²) < 4.78 is 24.8. The van der Waals surface area contributed by atoms with Gasteiger partial charge in [-0.25, -0.2) is 9.18 Å². The summed E-state index contributed by atoms with van der Waals surface area (Å²) in [6.07, 6.45) is 4.78. The van der Waals surface area contributed by atoms with E-state index in [1.165, 1.54) is 6.07 Å². The molecule has 1 aliphatic rings. The highest BCUT2D eigenvalue weighted by atomic mass is 19.1. The molecule has 0 radical (unpaired) electrons. The Kier molecular flexibility index (Phi) is 5.55. The maximum atomic E-state index is 14.3. The number of ether oxygens (including phenoxy) is 2. The summed E-state index contributed by atoms with van der Waals surface area (Å²) in [5.41, 5.74) is -0.0268. The second-order valence-corrected chi connectivity index (χ2v) is 6.56. The van der Waals surface area contributed by atoms with Crippen LogP contribution in [-0.2, 0) is 4.74 Å². The third-order valence-corrected chi connectivity index (χ3v) is 3.51. The Hall–Kier alpha value is -2.42. The lowest BCUT2D eigenvalue weighted by molar-refractivity contribution is 0.0240. The van der Waals surface area contributed by atoms with Crippen molar-refractivity contribution in [3.05, 3.63) is 24.0 Å². The van der Waals surface area contributed by atoms with Crippen LogP contribution in [0.15, 0.2) is 18.2 Å². The first-order chi connectivity index (χ1) is 11.3. The fourth-order valence-corrected chi connectivity index (χ4v) is 2.42. The average Bonchev–Trinajstić information content (AvgIpc) is 2.51. The highest BCUT2D eigenvalue weighted by Gasteiger charge is 2.26. The first-order valence-electron chi connectivity index (χ1n) is 7.89. The van der Waals surface area contributed by atoms with E-state index < -0.39 is 5.60 Å². The van der Waals surface area contributed by atoms with Crippen molar-refractivity contribution in [1.82, 2.24) is 4.90 Å².